The molecular formula is C28H26FN7O3. The van der Waals surface area contributed by atoms with Crippen LogP contribution in [-0.4, -0.2) is 67.1 Å². The maximum Gasteiger partial charge on any atom is 0.289 e. The highest BCUT2D eigenvalue weighted by Crippen LogP contribution is 2.28. The fourth-order valence-electron chi connectivity index (χ4n) is 5.07. The molecule has 1 aliphatic rings. The maximum atomic E-state index is 13.5. The number of piperazine rings is 1. The van der Waals surface area contributed by atoms with Gasteiger partial charge in [0.2, 0.25) is 0 Å². The van der Waals surface area contributed by atoms with Crippen molar-refractivity contribution in [2.75, 3.05) is 26.2 Å². The molecule has 39 heavy (non-hydrogen) atoms. The lowest BCUT2D eigenvalue weighted by Gasteiger charge is -2.38. The van der Waals surface area contributed by atoms with Gasteiger partial charge in [-0.1, -0.05) is 23.8 Å². The van der Waals surface area contributed by atoms with Gasteiger partial charge in [-0.15, -0.1) is 5.10 Å². The summed E-state index contributed by atoms with van der Waals surface area (Å²) in [7, 11) is 0. The molecule has 1 aliphatic heterocycles. The zero-order valence-corrected chi connectivity index (χ0v) is 21.2. The Balaban J connectivity index is 1.37. The molecule has 0 bridgehead atoms. The number of H-pyrrole nitrogens is 1. The molecule has 1 N–H and O–H groups in total. The number of halogens is 1. The molecule has 1 atom stereocenters. The number of aromatic nitrogens is 5. The monoisotopic (exact) mass is 527 g/mol. The van der Waals surface area contributed by atoms with Crippen LogP contribution in [0.15, 0.2) is 76.1 Å². The standard InChI is InChI=1S/C28H26FN7O3/c1-18-4-9-23-20(15-18)16-22(27(37)30-23)25(26-31-32-33-36(26)17-19-5-7-21(29)8-6-19)34-10-12-35(13-11-34)28(38)24-3-2-14-39-24/h2-9,14-16,25H,10-13,17H2,1H3,(H,30,37)/t25-/m1/s1. The van der Waals surface area contributed by atoms with Crippen LogP contribution in [0, 0.1) is 12.7 Å². The van der Waals surface area contributed by atoms with E-state index >= 15 is 0 Å². The number of aryl methyl sites for hydroxylation is 1. The Morgan fingerprint density at radius 3 is 2.62 bits per heavy atom. The smallest absolute Gasteiger partial charge is 0.289 e. The van der Waals surface area contributed by atoms with Gasteiger partial charge in [0.1, 0.15) is 11.9 Å². The minimum atomic E-state index is -0.574. The maximum absolute atomic E-state index is 13.5. The van der Waals surface area contributed by atoms with Crippen molar-refractivity contribution in [2.45, 2.75) is 19.5 Å². The van der Waals surface area contributed by atoms with Gasteiger partial charge >= 0.3 is 0 Å². The van der Waals surface area contributed by atoms with Gasteiger partial charge < -0.3 is 14.3 Å². The second-order valence-electron chi connectivity index (χ2n) is 9.67. The number of furan rings is 1. The molecule has 2 aromatic carbocycles. The molecule has 4 heterocycles. The topological polar surface area (TPSA) is 113 Å². The van der Waals surface area contributed by atoms with E-state index in [4.69, 9.17) is 4.42 Å². The summed E-state index contributed by atoms with van der Waals surface area (Å²) in [4.78, 5) is 33.2. The first-order chi connectivity index (χ1) is 19.0. The molecule has 1 saturated heterocycles. The lowest BCUT2D eigenvalue weighted by atomic mass is 10.0. The van der Waals surface area contributed by atoms with Crippen molar-refractivity contribution >= 4 is 16.8 Å². The van der Waals surface area contributed by atoms with E-state index < -0.39 is 6.04 Å². The van der Waals surface area contributed by atoms with Crippen molar-refractivity contribution in [3.8, 4) is 0 Å². The third kappa shape index (κ3) is 4.96. The lowest BCUT2D eigenvalue weighted by molar-refractivity contribution is 0.0558. The van der Waals surface area contributed by atoms with Crippen LogP contribution in [-0.2, 0) is 6.54 Å². The highest BCUT2D eigenvalue weighted by molar-refractivity contribution is 5.91. The first-order valence-electron chi connectivity index (χ1n) is 12.7. The summed E-state index contributed by atoms with van der Waals surface area (Å²) >= 11 is 0. The third-order valence-corrected chi connectivity index (χ3v) is 7.07. The predicted molar refractivity (Wildman–Crippen MR) is 141 cm³/mol. The van der Waals surface area contributed by atoms with Crippen LogP contribution in [0.25, 0.3) is 10.9 Å². The Kier molecular flexibility index (Phi) is 6.49. The Morgan fingerprint density at radius 1 is 1.08 bits per heavy atom. The number of fused-ring (bicyclic) bond motifs is 1. The SMILES string of the molecule is Cc1ccc2[nH]c(=O)c([C@H](c3nnnn3Cc3ccc(F)cc3)N3CCN(C(=O)c4ccco4)CC3)cc2c1. The molecule has 0 aliphatic carbocycles. The molecule has 0 spiro atoms. The lowest BCUT2D eigenvalue weighted by Crippen LogP contribution is -2.50. The Hall–Kier alpha value is -4.64. The summed E-state index contributed by atoms with van der Waals surface area (Å²) in [5, 5.41) is 13.4. The molecule has 1 fully saturated rings. The van der Waals surface area contributed by atoms with E-state index in [-0.39, 0.29) is 17.3 Å². The molecule has 3 aromatic heterocycles. The number of rotatable bonds is 6. The fraction of sp³-hybridized carbons (Fsp3) is 0.250. The van der Waals surface area contributed by atoms with Gasteiger partial charge in [0.15, 0.2) is 11.6 Å². The summed E-state index contributed by atoms with van der Waals surface area (Å²) in [5.41, 5.74) is 2.91. The van der Waals surface area contributed by atoms with Crippen LogP contribution in [0.2, 0.25) is 0 Å². The van der Waals surface area contributed by atoms with Crippen LogP contribution in [0.4, 0.5) is 4.39 Å². The third-order valence-electron chi connectivity index (χ3n) is 7.07. The van der Waals surface area contributed by atoms with E-state index in [2.05, 4.69) is 25.4 Å². The van der Waals surface area contributed by atoms with E-state index in [0.29, 0.717) is 49.9 Å². The molecule has 5 aromatic rings. The van der Waals surface area contributed by atoms with Gasteiger partial charge in [0, 0.05) is 37.3 Å². The van der Waals surface area contributed by atoms with Gasteiger partial charge in [0.05, 0.1) is 12.8 Å². The quantitative estimate of drug-likeness (QED) is 0.361. The van der Waals surface area contributed by atoms with Gasteiger partial charge in [-0.05, 0) is 70.8 Å². The molecule has 10 nitrogen and oxygen atoms in total. The number of nitrogens with zero attached hydrogens (tertiary/aromatic N) is 6. The average molecular weight is 528 g/mol. The zero-order chi connectivity index (χ0) is 26.9. The zero-order valence-electron chi connectivity index (χ0n) is 21.2. The van der Waals surface area contributed by atoms with E-state index in [1.165, 1.54) is 18.4 Å². The summed E-state index contributed by atoms with van der Waals surface area (Å²) in [6.07, 6.45) is 1.48. The van der Waals surface area contributed by atoms with Crippen molar-refractivity contribution in [1.29, 1.82) is 0 Å². The van der Waals surface area contributed by atoms with E-state index in [1.54, 1.807) is 33.8 Å². The molecular weight excluding hydrogens is 501 g/mol. The first kappa shape index (κ1) is 24.7. The Bertz CT molecular complexity index is 1670. The second-order valence-corrected chi connectivity index (χ2v) is 9.67. The predicted octanol–water partition coefficient (Wildman–Crippen LogP) is 3.15. The minimum Gasteiger partial charge on any atom is -0.459 e. The normalized spacial score (nSPS) is 15.1. The number of tetrazole rings is 1. The van der Waals surface area contributed by atoms with Gasteiger partial charge in [0.25, 0.3) is 11.5 Å². The number of benzene rings is 2. The number of hydrogen-bond acceptors (Lipinski definition) is 7. The summed E-state index contributed by atoms with van der Waals surface area (Å²) in [6, 6.07) is 16.7. The van der Waals surface area contributed by atoms with Crippen LogP contribution < -0.4 is 5.56 Å². The van der Waals surface area contributed by atoms with Crippen LogP contribution in [0.5, 0.6) is 0 Å². The van der Waals surface area contributed by atoms with E-state index in [9.17, 15) is 14.0 Å². The highest BCUT2D eigenvalue weighted by Gasteiger charge is 2.34. The van der Waals surface area contributed by atoms with Gasteiger partial charge in [-0.3, -0.25) is 14.5 Å². The number of pyridine rings is 1. The number of carbonyl (C=O) groups is 1. The van der Waals surface area contributed by atoms with Gasteiger partial charge in [-0.2, -0.15) is 0 Å². The van der Waals surface area contributed by atoms with Gasteiger partial charge in [-0.25, -0.2) is 9.07 Å². The second kappa shape index (κ2) is 10.3. The minimum absolute atomic E-state index is 0.170. The van der Waals surface area contributed by atoms with E-state index in [1.807, 2.05) is 31.2 Å². The van der Waals surface area contributed by atoms with Crippen molar-refractivity contribution in [1.82, 2.24) is 35.0 Å². The number of aromatic amines is 1. The molecule has 11 heteroatoms. The molecule has 0 saturated carbocycles. The summed E-state index contributed by atoms with van der Waals surface area (Å²) < 4.78 is 20.4. The largest absolute Gasteiger partial charge is 0.459 e. The summed E-state index contributed by atoms with van der Waals surface area (Å²) in [5.74, 6) is 0.289. The number of carbonyl (C=O) groups excluding carboxylic acids is 1. The molecule has 0 unspecified atom stereocenters. The molecule has 6 rings (SSSR count). The van der Waals surface area contributed by atoms with E-state index in [0.717, 1.165) is 22.0 Å². The number of nitrogens with one attached hydrogen (secondary N) is 1. The van der Waals surface area contributed by atoms with Crippen molar-refractivity contribution < 1.29 is 13.6 Å². The highest BCUT2D eigenvalue weighted by atomic mass is 19.1. The van der Waals surface area contributed by atoms with Crippen LogP contribution in [0.1, 0.15) is 39.1 Å². The van der Waals surface area contributed by atoms with Crippen LogP contribution in [0.3, 0.4) is 0 Å². The van der Waals surface area contributed by atoms with Crippen molar-refractivity contribution in [3.63, 3.8) is 0 Å². The number of hydrogen-bond donors (Lipinski definition) is 1. The molecule has 0 radical (unpaired) electrons. The summed E-state index contributed by atoms with van der Waals surface area (Å²) in [6.45, 7) is 4.18. The van der Waals surface area contributed by atoms with Crippen LogP contribution >= 0.6 is 0 Å². The Morgan fingerprint density at radius 2 is 1.87 bits per heavy atom. The molecule has 198 valence electrons. The first-order valence-corrected chi connectivity index (χ1v) is 12.7. The number of amides is 1. The molecule has 1 amide bonds. The Labute approximate surface area is 222 Å². The van der Waals surface area contributed by atoms with Crippen molar-refractivity contribution in [2.24, 2.45) is 0 Å². The van der Waals surface area contributed by atoms with Crippen molar-refractivity contribution in [3.05, 3.63) is 111 Å². The average Bonchev–Trinajstić information content (AvgIpc) is 3.64. The fourth-order valence-corrected chi connectivity index (χ4v) is 5.07.